The van der Waals surface area contributed by atoms with Gasteiger partial charge in [0.25, 0.3) is 5.91 Å². The fraction of sp³-hybridized carbons (Fsp3) is 0.467. The summed E-state index contributed by atoms with van der Waals surface area (Å²) in [5, 5.41) is 9.19. The lowest BCUT2D eigenvalue weighted by molar-refractivity contribution is -0.148. The van der Waals surface area contributed by atoms with E-state index in [1.807, 2.05) is 0 Å². The van der Waals surface area contributed by atoms with Crippen LogP contribution in [0.1, 0.15) is 6.42 Å². The fourth-order valence-corrected chi connectivity index (χ4v) is 2.40. The molecule has 1 N–H and O–H groups in total. The van der Waals surface area contributed by atoms with Gasteiger partial charge in [0.05, 0.1) is 13.2 Å². The summed E-state index contributed by atoms with van der Waals surface area (Å²) < 4.78 is 15.6. The third kappa shape index (κ3) is 3.67. The molecule has 1 saturated heterocycles. The molecular weight excluding hydrogens is 290 g/mol. The molecule has 7 nitrogen and oxygen atoms in total. The molecule has 7 heteroatoms. The number of aliphatic carboxylic acids is 1. The Morgan fingerprint density at radius 3 is 2.68 bits per heavy atom. The maximum Gasteiger partial charge on any atom is 0.326 e. The topological polar surface area (TPSA) is 85.3 Å². The standard InChI is InChI=1S/C15H19NO6/c1-20-10-4-3-5-11(6-10)22-9-14(17)16-8-12(21-2)7-13(16)15(18)19/h3-6,12-13H,7-9H2,1-2H3,(H,18,19). The lowest BCUT2D eigenvalue weighted by Gasteiger charge is -2.21. The minimum Gasteiger partial charge on any atom is -0.497 e. The molecule has 1 aliphatic heterocycles. The van der Waals surface area contributed by atoms with Crippen molar-refractivity contribution in [2.24, 2.45) is 0 Å². The first kappa shape index (κ1) is 16.1. The van der Waals surface area contributed by atoms with Gasteiger partial charge >= 0.3 is 5.97 Å². The van der Waals surface area contributed by atoms with Gasteiger partial charge in [0, 0.05) is 26.1 Å². The molecule has 0 aromatic heterocycles. The fourth-order valence-electron chi connectivity index (χ4n) is 2.40. The van der Waals surface area contributed by atoms with Crippen LogP contribution in [0.5, 0.6) is 11.5 Å². The van der Waals surface area contributed by atoms with E-state index in [-0.39, 0.29) is 31.6 Å². The van der Waals surface area contributed by atoms with E-state index < -0.39 is 12.0 Å². The number of carboxylic acid groups (broad SMARTS) is 1. The van der Waals surface area contributed by atoms with Crippen LogP contribution in [-0.4, -0.2) is 61.4 Å². The van der Waals surface area contributed by atoms with Crippen LogP contribution >= 0.6 is 0 Å². The number of benzene rings is 1. The summed E-state index contributed by atoms with van der Waals surface area (Å²) in [5.74, 6) is -0.305. The third-order valence-corrected chi connectivity index (χ3v) is 3.60. The van der Waals surface area contributed by atoms with E-state index >= 15 is 0 Å². The van der Waals surface area contributed by atoms with Crippen molar-refractivity contribution in [1.29, 1.82) is 0 Å². The molecule has 0 saturated carbocycles. The van der Waals surface area contributed by atoms with Crippen LogP contribution in [0.3, 0.4) is 0 Å². The van der Waals surface area contributed by atoms with Crippen LogP contribution in [0.25, 0.3) is 0 Å². The number of rotatable bonds is 6. The molecule has 1 heterocycles. The molecule has 2 atom stereocenters. The summed E-state index contributed by atoms with van der Waals surface area (Å²) in [5.41, 5.74) is 0. The van der Waals surface area contributed by atoms with E-state index in [1.54, 1.807) is 24.3 Å². The number of carboxylic acids is 1. The molecule has 22 heavy (non-hydrogen) atoms. The molecule has 1 aromatic carbocycles. The summed E-state index contributed by atoms with van der Waals surface area (Å²) in [6.07, 6.45) is 0.0263. The van der Waals surface area contributed by atoms with Gasteiger partial charge in [-0.1, -0.05) is 6.07 Å². The largest absolute Gasteiger partial charge is 0.497 e. The van der Waals surface area contributed by atoms with Gasteiger partial charge in [0.15, 0.2) is 6.61 Å². The van der Waals surface area contributed by atoms with Gasteiger partial charge in [-0.05, 0) is 12.1 Å². The van der Waals surface area contributed by atoms with Crippen molar-refractivity contribution >= 4 is 11.9 Å². The van der Waals surface area contributed by atoms with Crippen molar-refractivity contribution in [2.45, 2.75) is 18.6 Å². The second kappa shape index (κ2) is 7.13. The summed E-state index contributed by atoms with van der Waals surface area (Å²) >= 11 is 0. The number of carbonyl (C=O) groups excluding carboxylic acids is 1. The van der Waals surface area contributed by atoms with E-state index in [1.165, 1.54) is 19.1 Å². The van der Waals surface area contributed by atoms with Gasteiger partial charge in [0.2, 0.25) is 0 Å². The van der Waals surface area contributed by atoms with Gasteiger partial charge in [0.1, 0.15) is 17.5 Å². The van der Waals surface area contributed by atoms with Crippen LogP contribution in [0, 0.1) is 0 Å². The molecule has 120 valence electrons. The van der Waals surface area contributed by atoms with E-state index in [2.05, 4.69) is 0 Å². The van der Waals surface area contributed by atoms with Crippen molar-refractivity contribution in [2.75, 3.05) is 27.4 Å². The zero-order valence-corrected chi connectivity index (χ0v) is 12.5. The van der Waals surface area contributed by atoms with Crippen LogP contribution in [-0.2, 0) is 14.3 Å². The number of hydrogen-bond donors (Lipinski definition) is 1. The zero-order chi connectivity index (χ0) is 16.1. The Hall–Kier alpha value is -2.28. The SMILES string of the molecule is COc1cccc(OCC(=O)N2CC(OC)CC2C(=O)O)c1. The Kier molecular flexibility index (Phi) is 5.21. The zero-order valence-electron chi connectivity index (χ0n) is 12.5. The minimum absolute atomic E-state index is 0.229. The molecule has 1 amide bonds. The van der Waals surface area contributed by atoms with Gasteiger partial charge < -0.3 is 24.2 Å². The molecule has 0 radical (unpaired) electrons. The number of methoxy groups -OCH3 is 2. The summed E-state index contributed by atoms with van der Waals surface area (Å²) in [7, 11) is 3.04. The predicted molar refractivity (Wildman–Crippen MR) is 77.0 cm³/mol. The van der Waals surface area contributed by atoms with Crippen molar-refractivity contribution in [1.82, 2.24) is 4.90 Å². The normalized spacial score (nSPS) is 20.7. The first-order chi connectivity index (χ1) is 10.5. The Labute approximate surface area is 128 Å². The maximum absolute atomic E-state index is 12.2. The highest BCUT2D eigenvalue weighted by molar-refractivity contribution is 5.85. The lowest BCUT2D eigenvalue weighted by atomic mass is 10.2. The van der Waals surface area contributed by atoms with Crippen LogP contribution in [0.15, 0.2) is 24.3 Å². The monoisotopic (exact) mass is 309 g/mol. The highest BCUT2D eigenvalue weighted by Crippen LogP contribution is 2.22. The number of hydrogen-bond acceptors (Lipinski definition) is 5. The molecule has 1 aromatic rings. The Morgan fingerprint density at radius 1 is 1.32 bits per heavy atom. The second-order valence-corrected chi connectivity index (χ2v) is 4.96. The van der Waals surface area contributed by atoms with E-state index in [9.17, 15) is 14.7 Å². The van der Waals surface area contributed by atoms with Gasteiger partial charge in [-0.3, -0.25) is 4.79 Å². The van der Waals surface area contributed by atoms with Crippen molar-refractivity contribution in [3.63, 3.8) is 0 Å². The van der Waals surface area contributed by atoms with Crippen LogP contribution < -0.4 is 9.47 Å². The Morgan fingerprint density at radius 2 is 2.05 bits per heavy atom. The maximum atomic E-state index is 12.2. The molecule has 2 unspecified atom stereocenters. The minimum atomic E-state index is -1.03. The third-order valence-electron chi connectivity index (χ3n) is 3.60. The summed E-state index contributed by atoms with van der Waals surface area (Å²) in [6.45, 7) is 0.0289. The van der Waals surface area contributed by atoms with Gasteiger partial charge in [-0.15, -0.1) is 0 Å². The molecule has 1 fully saturated rings. The van der Waals surface area contributed by atoms with E-state index in [0.717, 1.165) is 0 Å². The van der Waals surface area contributed by atoms with Gasteiger partial charge in [-0.2, -0.15) is 0 Å². The number of carbonyl (C=O) groups is 2. The molecule has 2 rings (SSSR count). The Balaban J connectivity index is 1.97. The summed E-state index contributed by atoms with van der Waals surface area (Å²) in [6, 6.07) is 6.00. The van der Waals surface area contributed by atoms with Crippen molar-refractivity contribution in [3.8, 4) is 11.5 Å². The smallest absolute Gasteiger partial charge is 0.326 e. The average Bonchev–Trinajstić information content (AvgIpc) is 2.97. The van der Waals surface area contributed by atoms with Crippen LogP contribution in [0.4, 0.5) is 0 Å². The summed E-state index contributed by atoms with van der Waals surface area (Å²) in [4.78, 5) is 24.7. The number of amides is 1. The van der Waals surface area contributed by atoms with Gasteiger partial charge in [-0.25, -0.2) is 4.79 Å². The molecular formula is C15H19NO6. The molecule has 1 aliphatic rings. The van der Waals surface area contributed by atoms with Crippen molar-refractivity contribution < 1.29 is 28.9 Å². The molecule has 0 aliphatic carbocycles. The molecule has 0 bridgehead atoms. The predicted octanol–water partition coefficient (Wildman–Crippen LogP) is 0.774. The van der Waals surface area contributed by atoms with E-state index in [0.29, 0.717) is 11.5 Å². The van der Waals surface area contributed by atoms with E-state index in [4.69, 9.17) is 14.2 Å². The average molecular weight is 309 g/mol. The van der Waals surface area contributed by atoms with Crippen LogP contribution in [0.2, 0.25) is 0 Å². The number of ether oxygens (including phenoxy) is 3. The van der Waals surface area contributed by atoms with Crippen molar-refractivity contribution in [3.05, 3.63) is 24.3 Å². The quantitative estimate of drug-likeness (QED) is 0.835. The Bertz CT molecular complexity index is 547. The first-order valence-corrected chi connectivity index (χ1v) is 6.87. The number of likely N-dealkylation sites (tertiary alicyclic amines) is 1. The first-order valence-electron chi connectivity index (χ1n) is 6.87. The highest BCUT2D eigenvalue weighted by Gasteiger charge is 2.39. The second-order valence-electron chi connectivity index (χ2n) is 4.96. The number of nitrogens with zero attached hydrogens (tertiary/aromatic N) is 1. The lowest BCUT2D eigenvalue weighted by Crippen LogP contribution is -2.43. The highest BCUT2D eigenvalue weighted by atomic mass is 16.5. The molecule has 0 spiro atoms.